The lowest BCUT2D eigenvalue weighted by atomic mass is 9.93. The Bertz CT molecular complexity index is 1250. The van der Waals surface area contributed by atoms with Crippen molar-refractivity contribution >= 4 is 34.1 Å². The quantitative estimate of drug-likeness (QED) is 0.534. The number of carbonyl (C=O) groups is 2. The van der Waals surface area contributed by atoms with Crippen molar-refractivity contribution in [1.82, 2.24) is 14.9 Å². The van der Waals surface area contributed by atoms with Gasteiger partial charge in [-0.1, -0.05) is 25.7 Å². The van der Waals surface area contributed by atoms with E-state index in [2.05, 4.69) is 21.9 Å². The maximum absolute atomic E-state index is 13.2. The van der Waals surface area contributed by atoms with Crippen molar-refractivity contribution in [2.24, 2.45) is 5.92 Å². The van der Waals surface area contributed by atoms with Crippen LogP contribution in [0.5, 0.6) is 0 Å². The summed E-state index contributed by atoms with van der Waals surface area (Å²) < 4.78 is 26.4. The Kier molecular flexibility index (Phi) is 7.50. The fourth-order valence-electron chi connectivity index (χ4n) is 3.74. The van der Waals surface area contributed by atoms with Crippen molar-refractivity contribution < 1.29 is 23.5 Å². The number of aliphatic hydroxyl groups is 1. The molecule has 2 aromatic heterocycles. The highest BCUT2D eigenvalue weighted by molar-refractivity contribution is 6.02. The minimum Gasteiger partial charge on any atom is -0.388 e. The molecule has 7 nitrogen and oxygen atoms in total. The molecule has 2 aromatic rings. The first-order valence-corrected chi connectivity index (χ1v) is 11.3. The molecule has 2 amide bonds. The number of amides is 2. The first-order chi connectivity index (χ1) is 16.4. The number of anilines is 1. The van der Waals surface area contributed by atoms with E-state index in [0.717, 1.165) is 11.1 Å². The lowest BCUT2D eigenvalue weighted by Crippen LogP contribution is -2.24. The topological polar surface area (TPSA) is 95.4 Å². The summed E-state index contributed by atoms with van der Waals surface area (Å²) in [5, 5.41) is 13.1. The number of pyridine rings is 2. The first-order valence-electron chi connectivity index (χ1n) is 11.3. The molecular formula is C26H30F2N4O3. The van der Waals surface area contributed by atoms with Crippen LogP contribution < -0.4 is 5.32 Å². The van der Waals surface area contributed by atoms with Gasteiger partial charge in [0.1, 0.15) is 17.4 Å². The second-order valence-electron chi connectivity index (χ2n) is 8.88. The Hall–Kier alpha value is -3.46. The number of hydrogen-bond donors (Lipinski definition) is 2. The summed E-state index contributed by atoms with van der Waals surface area (Å²) >= 11 is 0. The van der Waals surface area contributed by atoms with Gasteiger partial charge in [-0.2, -0.15) is 0 Å². The van der Waals surface area contributed by atoms with E-state index in [-0.39, 0.29) is 17.4 Å². The van der Waals surface area contributed by atoms with Crippen molar-refractivity contribution in [3.63, 3.8) is 0 Å². The summed E-state index contributed by atoms with van der Waals surface area (Å²) in [6, 6.07) is 3.24. The van der Waals surface area contributed by atoms with E-state index in [1.54, 1.807) is 26.2 Å². The predicted octanol–water partition coefficient (Wildman–Crippen LogP) is 4.60. The van der Waals surface area contributed by atoms with Gasteiger partial charge in [0.2, 0.25) is 5.91 Å². The van der Waals surface area contributed by atoms with Crippen molar-refractivity contribution in [3.8, 4) is 0 Å². The number of aliphatic hydroxyl groups excluding tert-OH is 1. The van der Waals surface area contributed by atoms with Gasteiger partial charge in [-0.05, 0) is 43.1 Å². The van der Waals surface area contributed by atoms with E-state index in [4.69, 9.17) is 0 Å². The molecule has 0 saturated heterocycles. The van der Waals surface area contributed by atoms with Gasteiger partial charge in [-0.25, -0.2) is 18.7 Å². The van der Waals surface area contributed by atoms with Gasteiger partial charge < -0.3 is 15.3 Å². The van der Waals surface area contributed by atoms with Crippen molar-refractivity contribution in [2.75, 3.05) is 19.4 Å². The van der Waals surface area contributed by atoms with Crippen LogP contribution in [0.1, 0.15) is 49.7 Å². The number of allylic oxidation sites excluding steroid dienone is 3. The number of nitrogens with zero attached hydrogens (tertiary/aromatic N) is 3. The van der Waals surface area contributed by atoms with Crippen LogP contribution in [0.15, 0.2) is 48.2 Å². The van der Waals surface area contributed by atoms with E-state index < -0.39 is 30.3 Å². The zero-order valence-corrected chi connectivity index (χ0v) is 20.5. The van der Waals surface area contributed by atoms with Crippen molar-refractivity contribution in [2.45, 2.75) is 45.6 Å². The Balaban J connectivity index is 2.06. The van der Waals surface area contributed by atoms with Crippen LogP contribution in [0.2, 0.25) is 0 Å². The summed E-state index contributed by atoms with van der Waals surface area (Å²) in [4.78, 5) is 35.3. The molecule has 2 heterocycles. The Morgan fingerprint density at radius 1 is 1.37 bits per heavy atom. The molecule has 0 spiro atoms. The van der Waals surface area contributed by atoms with Crippen molar-refractivity contribution in [3.05, 3.63) is 59.5 Å². The number of carbonyl (C=O) groups excluding carboxylic acids is 2. The molecule has 0 bridgehead atoms. The lowest BCUT2D eigenvalue weighted by molar-refractivity contribution is -0.119. The number of alkyl halides is 2. The van der Waals surface area contributed by atoms with Crippen LogP contribution >= 0.6 is 0 Å². The van der Waals surface area contributed by atoms with Gasteiger partial charge in [0.05, 0.1) is 11.6 Å². The summed E-state index contributed by atoms with van der Waals surface area (Å²) in [7, 11) is 3.23. The third-order valence-electron chi connectivity index (χ3n) is 5.92. The van der Waals surface area contributed by atoms with Gasteiger partial charge >= 0.3 is 0 Å². The summed E-state index contributed by atoms with van der Waals surface area (Å²) in [6.45, 7) is 9.49. The molecular weight excluding hydrogens is 454 g/mol. The van der Waals surface area contributed by atoms with Crippen molar-refractivity contribution in [1.29, 1.82) is 0 Å². The Morgan fingerprint density at radius 3 is 2.57 bits per heavy atom. The Morgan fingerprint density at radius 2 is 2.03 bits per heavy atom. The normalized spacial score (nSPS) is 18.2. The molecule has 1 aliphatic carbocycles. The van der Waals surface area contributed by atoms with Gasteiger partial charge in [-0.15, -0.1) is 0 Å². The van der Waals surface area contributed by atoms with Gasteiger partial charge in [-0.3, -0.25) is 9.59 Å². The lowest BCUT2D eigenvalue weighted by Gasteiger charge is -2.18. The van der Waals surface area contributed by atoms with Crippen LogP contribution in [0.25, 0.3) is 16.5 Å². The molecule has 0 aliphatic heterocycles. The zero-order valence-electron chi connectivity index (χ0n) is 20.5. The fraction of sp³-hybridized carbons (Fsp3) is 0.385. The molecule has 1 saturated carbocycles. The minimum absolute atomic E-state index is 0.0842. The average Bonchev–Trinajstić information content (AvgIpc) is 3.46. The molecule has 186 valence electrons. The molecule has 0 radical (unpaired) electrons. The number of rotatable bonds is 8. The molecule has 9 heteroatoms. The molecule has 2 N–H and O–H groups in total. The maximum Gasteiger partial charge on any atom is 0.272 e. The van der Waals surface area contributed by atoms with Crippen LogP contribution in [-0.4, -0.2) is 57.9 Å². The van der Waals surface area contributed by atoms with Gasteiger partial charge in [0.25, 0.3) is 11.8 Å². The fourth-order valence-corrected chi connectivity index (χ4v) is 3.74. The molecule has 2 atom stereocenters. The van der Waals surface area contributed by atoms with Crippen LogP contribution in [0, 0.1) is 5.92 Å². The third kappa shape index (κ3) is 5.62. The smallest absolute Gasteiger partial charge is 0.272 e. The molecule has 3 rings (SSSR count). The van der Waals surface area contributed by atoms with Gasteiger partial charge in [0.15, 0.2) is 0 Å². The minimum atomic E-state index is -2.98. The summed E-state index contributed by atoms with van der Waals surface area (Å²) in [5.41, 5.74) is 3.23. The first kappa shape index (κ1) is 26.2. The van der Waals surface area contributed by atoms with Crippen LogP contribution in [0.4, 0.5) is 14.6 Å². The molecule has 1 aliphatic rings. The third-order valence-corrected chi connectivity index (χ3v) is 5.92. The average molecular weight is 485 g/mol. The van der Waals surface area contributed by atoms with E-state index in [9.17, 15) is 23.5 Å². The number of aromatic nitrogens is 2. The Labute approximate surface area is 203 Å². The highest BCUT2D eigenvalue weighted by atomic mass is 19.3. The molecule has 35 heavy (non-hydrogen) atoms. The van der Waals surface area contributed by atoms with E-state index >= 15 is 0 Å². The zero-order chi connectivity index (χ0) is 26.1. The van der Waals surface area contributed by atoms with E-state index in [1.807, 2.05) is 26.8 Å². The number of hydrogen-bond acceptors (Lipinski definition) is 5. The number of halogens is 2. The number of nitrogens with one attached hydrogen (secondary N) is 1. The monoisotopic (exact) mass is 484 g/mol. The summed E-state index contributed by atoms with van der Waals surface area (Å²) in [5.74, 6) is -5.38. The van der Waals surface area contributed by atoms with E-state index in [0.29, 0.717) is 28.5 Å². The highest BCUT2D eigenvalue weighted by Gasteiger charge is 2.61. The second kappa shape index (κ2) is 10.0. The second-order valence-corrected chi connectivity index (χ2v) is 8.88. The highest BCUT2D eigenvalue weighted by Crippen LogP contribution is 2.49. The standard InChI is InChI=1S/C26H30F2N4O3/c1-7-17(14(3)9-15(4)21(33)8-2)18-10-16-13-29-22(31-24(34)19-12-26(19,27)28)11-20(16)30-23(18)25(35)32(5)6/h7,9-11,13,19,21,33H,4,8,12H2,1-3,5-6H3,(H,29,31,34)/b14-9-,17-7+. The molecule has 2 unspecified atom stereocenters. The predicted molar refractivity (Wildman–Crippen MR) is 132 cm³/mol. The van der Waals surface area contributed by atoms with Crippen LogP contribution in [0.3, 0.4) is 0 Å². The summed E-state index contributed by atoms with van der Waals surface area (Å²) in [6.07, 6.45) is 4.48. The SMILES string of the molecule is C=C(/C=C(C)\C(=C/C)c1cc2cnc(NC(=O)C3CC3(F)F)cc2nc1C(=O)N(C)C)C(O)CC. The van der Waals surface area contributed by atoms with Gasteiger partial charge in [0, 0.05) is 43.7 Å². The molecule has 1 fully saturated rings. The largest absolute Gasteiger partial charge is 0.388 e. The number of fused-ring (bicyclic) bond motifs is 1. The van der Waals surface area contributed by atoms with E-state index in [1.165, 1.54) is 17.2 Å². The maximum atomic E-state index is 13.2. The van der Waals surface area contributed by atoms with Crippen LogP contribution in [-0.2, 0) is 4.79 Å². The molecule has 0 aromatic carbocycles.